The van der Waals surface area contributed by atoms with Gasteiger partial charge in [0, 0.05) is 0 Å². The molecule has 2 aromatic rings. The van der Waals surface area contributed by atoms with Gasteiger partial charge in [0.1, 0.15) is 5.75 Å². The molecule has 0 fully saturated rings. The third kappa shape index (κ3) is 2.98. The zero-order valence-electron chi connectivity index (χ0n) is 10.3. The molecule has 0 aliphatic carbocycles. The van der Waals surface area contributed by atoms with Gasteiger partial charge in [-0.05, 0) is 42.8 Å². The van der Waals surface area contributed by atoms with Crippen LogP contribution in [0.2, 0.25) is 0 Å². The normalized spacial score (nSPS) is 9.95. The van der Waals surface area contributed by atoms with Crippen molar-refractivity contribution in [2.45, 2.75) is 6.92 Å². The quantitative estimate of drug-likeness (QED) is 0.677. The van der Waals surface area contributed by atoms with Gasteiger partial charge in [0.25, 0.3) is 0 Å². The van der Waals surface area contributed by atoms with Gasteiger partial charge < -0.3 is 9.84 Å². The third-order valence-corrected chi connectivity index (χ3v) is 2.65. The maximum Gasteiger partial charge on any atom is 0.343 e. The molecule has 0 amide bonds. The smallest absolute Gasteiger partial charge is 0.343 e. The molecule has 96 valence electrons. The fraction of sp³-hybridized carbons (Fsp3) is 0.0667. The van der Waals surface area contributed by atoms with Crippen LogP contribution in [0.25, 0.3) is 0 Å². The fourth-order valence-corrected chi connectivity index (χ4v) is 1.68. The summed E-state index contributed by atoms with van der Waals surface area (Å²) in [7, 11) is 0. The topological polar surface area (TPSA) is 63.6 Å². The number of ether oxygens (including phenoxy) is 1. The molecular formula is C15H12O4. The Morgan fingerprint density at radius 3 is 2.32 bits per heavy atom. The molecular weight excluding hydrogens is 244 g/mol. The number of aromatic carboxylic acids is 1. The number of carbonyl (C=O) groups excluding carboxylic acids is 1. The number of aryl methyl sites for hydroxylation is 1. The first-order valence-corrected chi connectivity index (χ1v) is 5.69. The summed E-state index contributed by atoms with van der Waals surface area (Å²) in [4.78, 5) is 22.7. The van der Waals surface area contributed by atoms with E-state index >= 15 is 0 Å². The Kier molecular flexibility index (Phi) is 3.61. The lowest BCUT2D eigenvalue weighted by Gasteiger charge is -2.06. The van der Waals surface area contributed by atoms with Gasteiger partial charge in [-0.15, -0.1) is 0 Å². The second-order valence-corrected chi connectivity index (χ2v) is 4.04. The van der Waals surface area contributed by atoms with Gasteiger partial charge >= 0.3 is 11.9 Å². The molecule has 0 heterocycles. The van der Waals surface area contributed by atoms with Crippen LogP contribution in [-0.4, -0.2) is 17.0 Å². The summed E-state index contributed by atoms with van der Waals surface area (Å²) >= 11 is 0. The molecule has 0 unspecified atom stereocenters. The highest BCUT2D eigenvalue weighted by Gasteiger charge is 2.11. The van der Waals surface area contributed by atoms with Gasteiger partial charge in [-0.2, -0.15) is 0 Å². The van der Waals surface area contributed by atoms with Crippen LogP contribution in [0.5, 0.6) is 5.75 Å². The lowest BCUT2D eigenvalue weighted by atomic mass is 10.1. The van der Waals surface area contributed by atoms with Crippen LogP contribution in [0.3, 0.4) is 0 Å². The number of hydrogen-bond donors (Lipinski definition) is 1. The summed E-state index contributed by atoms with van der Waals surface area (Å²) in [5.41, 5.74) is 1.19. The van der Waals surface area contributed by atoms with Crippen LogP contribution in [0.15, 0.2) is 48.5 Å². The Balaban J connectivity index is 2.19. The zero-order chi connectivity index (χ0) is 13.8. The molecule has 4 heteroatoms. The van der Waals surface area contributed by atoms with E-state index in [1.54, 1.807) is 31.2 Å². The van der Waals surface area contributed by atoms with Gasteiger partial charge in [-0.3, -0.25) is 0 Å². The van der Waals surface area contributed by atoms with Crippen molar-refractivity contribution in [2.75, 3.05) is 0 Å². The number of carbonyl (C=O) groups is 2. The first-order chi connectivity index (χ1) is 9.08. The van der Waals surface area contributed by atoms with Crippen molar-refractivity contribution in [2.24, 2.45) is 0 Å². The zero-order valence-corrected chi connectivity index (χ0v) is 10.3. The molecule has 0 saturated carbocycles. The van der Waals surface area contributed by atoms with Crippen molar-refractivity contribution in [1.82, 2.24) is 0 Å². The lowest BCUT2D eigenvalue weighted by Crippen LogP contribution is -2.09. The number of benzene rings is 2. The van der Waals surface area contributed by atoms with Crippen molar-refractivity contribution in [3.63, 3.8) is 0 Å². The Morgan fingerprint density at radius 1 is 1.05 bits per heavy atom. The third-order valence-electron chi connectivity index (χ3n) is 2.65. The van der Waals surface area contributed by atoms with Crippen LogP contribution < -0.4 is 4.74 Å². The van der Waals surface area contributed by atoms with Gasteiger partial charge in [0.15, 0.2) is 0 Å². The van der Waals surface area contributed by atoms with Gasteiger partial charge in [0.2, 0.25) is 0 Å². The summed E-state index contributed by atoms with van der Waals surface area (Å²) in [6.45, 7) is 1.66. The largest absolute Gasteiger partial charge is 0.478 e. The van der Waals surface area contributed by atoms with Crippen molar-refractivity contribution < 1.29 is 19.4 Å². The minimum Gasteiger partial charge on any atom is -0.478 e. The van der Waals surface area contributed by atoms with Crippen LogP contribution in [0.1, 0.15) is 26.3 Å². The lowest BCUT2D eigenvalue weighted by molar-refractivity contribution is 0.0695. The Labute approximate surface area is 110 Å². The first kappa shape index (κ1) is 12.8. The summed E-state index contributed by atoms with van der Waals surface area (Å²) in [6, 6.07) is 13.0. The SMILES string of the molecule is Cc1cc(OC(=O)c2ccccc2)ccc1C(=O)O. The van der Waals surface area contributed by atoms with Gasteiger partial charge in [-0.25, -0.2) is 9.59 Å². The highest BCUT2D eigenvalue weighted by Crippen LogP contribution is 2.18. The highest BCUT2D eigenvalue weighted by molar-refractivity contribution is 5.92. The number of carboxylic acids is 1. The average Bonchev–Trinajstić information content (AvgIpc) is 2.39. The molecule has 4 nitrogen and oxygen atoms in total. The molecule has 0 aliphatic heterocycles. The van der Waals surface area contributed by atoms with E-state index in [0.717, 1.165) is 0 Å². The average molecular weight is 256 g/mol. The standard InChI is InChI=1S/C15H12O4/c1-10-9-12(7-8-13(10)14(16)17)19-15(18)11-5-3-2-4-6-11/h2-9H,1H3,(H,16,17). The van der Waals surface area contributed by atoms with Crippen molar-refractivity contribution in [1.29, 1.82) is 0 Å². The highest BCUT2D eigenvalue weighted by atomic mass is 16.5. The van der Waals surface area contributed by atoms with Crippen molar-refractivity contribution in [3.05, 3.63) is 65.2 Å². The number of hydrogen-bond acceptors (Lipinski definition) is 3. The molecule has 1 N–H and O–H groups in total. The summed E-state index contributed by atoms with van der Waals surface area (Å²) in [5.74, 6) is -1.14. The molecule has 2 rings (SSSR count). The second kappa shape index (κ2) is 5.35. The maximum absolute atomic E-state index is 11.8. The number of rotatable bonds is 3. The van der Waals surface area contributed by atoms with E-state index in [2.05, 4.69) is 0 Å². The van der Waals surface area contributed by atoms with Crippen molar-refractivity contribution in [3.8, 4) is 5.75 Å². The van der Waals surface area contributed by atoms with E-state index in [0.29, 0.717) is 16.9 Å². The van der Waals surface area contributed by atoms with E-state index in [-0.39, 0.29) is 5.56 Å². The van der Waals surface area contributed by atoms with Crippen LogP contribution >= 0.6 is 0 Å². The molecule has 2 aromatic carbocycles. The van der Waals surface area contributed by atoms with E-state index in [1.165, 1.54) is 18.2 Å². The van der Waals surface area contributed by atoms with Gasteiger partial charge in [-0.1, -0.05) is 18.2 Å². The minimum atomic E-state index is -1.00. The van der Waals surface area contributed by atoms with E-state index in [1.807, 2.05) is 6.07 Å². The Morgan fingerprint density at radius 2 is 1.74 bits per heavy atom. The van der Waals surface area contributed by atoms with E-state index < -0.39 is 11.9 Å². The molecule has 0 spiro atoms. The molecule has 0 aliphatic rings. The molecule has 0 atom stereocenters. The van der Waals surface area contributed by atoms with Crippen LogP contribution in [0, 0.1) is 6.92 Å². The number of esters is 1. The Hall–Kier alpha value is -2.62. The summed E-state index contributed by atoms with van der Waals surface area (Å²) in [6.07, 6.45) is 0. The minimum absolute atomic E-state index is 0.194. The maximum atomic E-state index is 11.8. The molecule has 0 bridgehead atoms. The predicted octanol–water partition coefficient (Wildman–Crippen LogP) is 2.91. The second-order valence-electron chi connectivity index (χ2n) is 4.04. The van der Waals surface area contributed by atoms with E-state index in [9.17, 15) is 9.59 Å². The molecule has 0 aromatic heterocycles. The molecule has 0 saturated heterocycles. The van der Waals surface area contributed by atoms with E-state index in [4.69, 9.17) is 9.84 Å². The van der Waals surface area contributed by atoms with Crippen LogP contribution in [0.4, 0.5) is 0 Å². The predicted molar refractivity (Wildman–Crippen MR) is 69.5 cm³/mol. The van der Waals surface area contributed by atoms with Gasteiger partial charge in [0.05, 0.1) is 11.1 Å². The monoisotopic (exact) mass is 256 g/mol. The Bertz CT molecular complexity index is 617. The fourth-order valence-electron chi connectivity index (χ4n) is 1.68. The number of carboxylic acid groups (broad SMARTS) is 1. The summed E-state index contributed by atoms with van der Waals surface area (Å²) < 4.78 is 5.18. The van der Waals surface area contributed by atoms with Crippen molar-refractivity contribution >= 4 is 11.9 Å². The molecule has 19 heavy (non-hydrogen) atoms. The van der Waals surface area contributed by atoms with Crippen LogP contribution in [-0.2, 0) is 0 Å². The first-order valence-electron chi connectivity index (χ1n) is 5.69. The molecule has 0 radical (unpaired) electrons. The summed E-state index contributed by atoms with van der Waals surface area (Å²) in [5, 5.41) is 8.91.